The van der Waals surface area contributed by atoms with E-state index in [-0.39, 0.29) is 23.6 Å². The van der Waals surface area contributed by atoms with Crippen LogP contribution in [0.25, 0.3) is 11.1 Å². The maximum atomic E-state index is 12.8. The number of aliphatic hydroxyl groups excluding tert-OH is 1. The number of carbonyl (C=O) groups is 1. The van der Waals surface area contributed by atoms with Crippen molar-refractivity contribution in [2.75, 3.05) is 13.1 Å². The average Bonchev–Trinajstić information content (AvgIpc) is 3.55. The summed E-state index contributed by atoms with van der Waals surface area (Å²) in [6.45, 7) is 1.25. The molecule has 1 saturated carbocycles. The van der Waals surface area contributed by atoms with Gasteiger partial charge in [0, 0.05) is 19.0 Å². The van der Waals surface area contributed by atoms with E-state index < -0.39 is 0 Å². The quantitative estimate of drug-likeness (QED) is 0.627. The normalized spacial score (nSPS) is 18.4. The minimum Gasteiger partial charge on any atom is -0.392 e. The van der Waals surface area contributed by atoms with E-state index in [1.807, 2.05) is 0 Å². The molecule has 158 valence electrons. The Morgan fingerprint density at radius 2 is 1.87 bits per heavy atom. The van der Waals surface area contributed by atoms with Crippen LogP contribution in [0.15, 0.2) is 54.9 Å². The fourth-order valence-corrected chi connectivity index (χ4v) is 4.70. The lowest BCUT2D eigenvalue weighted by Gasteiger charge is -2.19. The largest absolute Gasteiger partial charge is 0.392 e. The maximum absolute atomic E-state index is 12.8. The van der Waals surface area contributed by atoms with Crippen molar-refractivity contribution in [3.8, 4) is 11.1 Å². The highest BCUT2D eigenvalue weighted by Crippen LogP contribution is 2.44. The number of amides is 1. The summed E-state index contributed by atoms with van der Waals surface area (Å²) in [5.41, 5.74) is 6.18. The number of hydrogen-bond acceptors (Lipinski definition) is 4. The van der Waals surface area contributed by atoms with Crippen LogP contribution in [0.4, 0.5) is 0 Å². The van der Waals surface area contributed by atoms with E-state index in [1.54, 1.807) is 4.90 Å². The fourth-order valence-electron chi connectivity index (χ4n) is 4.60. The molecule has 1 aliphatic carbocycles. The van der Waals surface area contributed by atoms with Crippen molar-refractivity contribution in [2.45, 2.75) is 37.7 Å². The van der Waals surface area contributed by atoms with Crippen LogP contribution >= 0.6 is 11.6 Å². The van der Waals surface area contributed by atoms with Crippen LogP contribution in [-0.2, 0) is 6.61 Å². The second-order valence-electron chi connectivity index (χ2n) is 8.39. The first-order chi connectivity index (χ1) is 15.1. The molecule has 1 N–H and O–H groups in total. The van der Waals surface area contributed by atoms with E-state index in [0.717, 1.165) is 23.1 Å². The minimum absolute atomic E-state index is 0.0120. The van der Waals surface area contributed by atoms with Gasteiger partial charge < -0.3 is 10.0 Å². The Balaban J connectivity index is 1.37. The minimum atomic E-state index is -0.132. The molecular weight excluding hydrogens is 410 g/mol. The van der Waals surface area contributed by atoms with Crippen LogP contribution in [-0.4, -0.2) is 39.0 Å². The van der Waals surface area contributed by atoms with Gasteiger partial charge in [-0.25, -0.2) is 9.97 Å². The first-order valence-corrected chi connectivity index (χ1v) is 11.1. The van der Waals surface area contributed by atoms with Crippen molar-refractivity contribution >= 4 is 17.5 Å². The Morgan fingerprint density at radius 1 is 1.03 bits per heavy atom. The Bertz CT molecular complexity index is 1110. The van der Waals surface area contributed by atoms with Gasteiger partial charge in [0.15, 0.2) is 0 Å². The second-order valence-corrected chi connectivity index (χ2v) is 8.78. The summed E-state index contributed by atoms with van der Waals surface area (Å²) in [4.78, 5) is 22.6. The Kier molecular flexibility index (Phi) is 5.47. The summed E-state index contributed by atoms with van der Waals surface area (Å²) >= 11 is 5.78. The van der Waals surface area contributed by atoms with Crippen molar-refractivity contribution in [2.24, 2.45) is 0 Å². The van der Waals surface area contributed by atoms with E-state index >= 15 is 0 Å². The lowest BCUT2D eigenvalue weighted by molar-refractivity contribution is 0.0784. The zero-order valence-electron chi connectivity index (χ0n) is 17.2. The molecule has 0 bridgehead atoms. The van der Waals surface area contributed by atoms with Gasteiger partial charge in [-0.2, -0.15) is 0 Å². The molecule has 5 rings (SSSR count). The predicted octanol–water partition coefficient (Wildman–Crippen LogP) is 4.80. The third-order valence-corrected chi connectivity index (χ3v) is 6.55. The van der Waals surface area contributed by atoms with Crippen molar-refractivity contribution in [1.82, 2.24) is 14.9 Å². The molecule has 5 nitrogen and oxygen atoms in total. The van der Waals surface area contributed by atoms with E-state index in [4.69, 9.17) is 11.6 Å². The molecule has 2 aromatic carbocycles. The van der Waals surface area contributed by atoms with Gasteiger partial charge in [-0.05, 0) is 59.1 Å². The fraction of sp³-hybridized carbons (Fsp3) is 0.320. The third kappa shape index (κ3) is 4.08. The van der Waals surface area contributed by atoms with Gasteiger partial charge in [0.1, 0.15) is 10.8 Å². The van der Waals surface area contributed by atoms with Gasteiger partial charge in [-0.1, -0.05) is 48.0 Å². The van der Waals surface area contributed by atoms with E-state index in [2.05, 4.69) is 52.4 Å². The molecule has 1 aliphatic heterocycles. The monoisotopic (exact) mass is 433 g/mol. The standard InChI is InChI=1S/C25H24ClN3O2/c26-24-13-27-23(12-28-24)25(31)29-10-9-18(14-29)20-8-7-17(11-19(20)15-30)22-4-2-1-3-21(22)16-5-6-16/h1-4,7-8,11-13,16,18,30H,5-6,9-10,14-15H2. The number of rotatable bonds is 5. The Morgan fingerprint density at radius 3 is 2.61 bits per heavy atom. The molecule has 1 amide bonds. The molecule has 1 unspecified atom stereocenters. The SMILES string of the molecule is O=C(c1cnc(Cl)cn1)N1CCC(c2ccc(-c3ccccc3C3CC3)cc2CO)C1. The van der Waals surface area contributed by atoms with Crippen molar-refractivity contribution in [3.05, 3.63) is 82.4 Å². The van der Waals surface area contributed by atoms with Crippen LogP contribution in [0, 0.1) is 0 Å². The molecule has 1 saturated heterocycles. The lowest BCUT2D eigenvalue weighted by atomic mass is 9.89. The van der Waals surface area contributed by atoms with E-state index in [9.17, 15) is 9.90 Å². The van der Waals surface area contributed by atoms with E-state index in [1.165, 1.54) is 36.4 Å². The van der Waals surface area contributed by atoms with Gasteiger partial charge in [0.05, 0.1) is 19.0 Å². The number of aliphatic hydroxyl groups is 1. The lowest BCUT2D eigenvalue weighted by Crippen LogP contribution is -2.29. The molecular formula is C25H24ClN3O2. The highest BCUT2D eigenvalue weighted by Gasteiger charge is 2.30. The average molecular weight is 434 g/mol. The number of carbonyl (C=O) groups excluding carboxylic acids is 1. The number of nitrogens with zero attached hydrogens (tertiary/aromatic N) is 3. The van der Waals surface area contributed by atoms with Crippen molar-refractivity contribution < 1.29 is 9.90 Å². The maximum Gasteiger partial charge on any atom is 0.274 e. The van der Waals surface area contributed by atoms with Gasteiger partial charge in [-0.3, -0.25) is 4.79 Å². The van der Waals surface area contributed by atoms with Gasteiger partial charge in [0.25, 0.3) is 5.91 Å². The van der Waals surface area contributed by atoms with Crippen LogP contribution < -0.4 is 0 Å². The smallest absolute Gasteiger partial charge is 0.274 e. The molecule has 0 radical (unpaired) electrons. The summed E-state index contributed by atoms with van der Waals surface area (Å²) in [5.74, 6) is 0.727. The molecule has 31 heavy (non-hydrogen) atoms. The number of hydrogen-bond donors (Lipinski definition) is 1. The summed E-state index contributed by atoms with van der Waals surface area (Å²) < 4.78 is 0. The first kappa shape index (κ1) is 20.2. The Labute approximate surface area is 186 Å². The molecule has 1 atom stereocenters. The predicted molar refractivity (Wildman–Crippen MR) is 120 cm³/mol. The summed E-state index contributed by atoms with van der Waals surface area (Å²) in [6.07, 6.45) is 6.18. The van der Waals surface area contributed by atoms with Gasteiger partial charge in [0.2, 0.25) is 0 Å². The molecule has 6 heteroatoms. The molecule has 1 aromatic heterocycles. The topological polar surface area (TPSA) is 66.3 Å². The summed E-state index contributed by atoms with van der Waals surface area (Å²) in [6, 6.07) is 15.0. The molecule has 2 aliphatic rings. The number of benzene rings is 2. The van der Waals surface area contributed by atoms with Crippen LogP contribution in [0.3, 0.4) is 0 Å². The number of aromatic nitrogens is 2. The molecule has 3 aromatic rings. The zero-order valence-corrected chi connectivity index (χ0v) is 17.9. The van der Waals surface area contributed by atoms with Crippen LogP contribution in [0.1, 0.15) is 58.3 Å². The zero-order chi connectivity index (χ0) is 21.4. The molecule has 2 heterocycles. The second kappa shape index (κ2) is 8.40. The summed E-state index contributed by atoms with van der Waals surface area (Å²) in [7, 11) is 0. The van der Waals surface area contributed by atoms with Crippen molar-refractivity contribution in [1.29, 1.82) is 0 Å². The van der Waals surface area contributed by atoms with Crippen LogP contribution in [0.5, 0.6) is 0 Å². The van der Waals surface area contributed by atoms with Crippen molar-refractivity contribution in [3.63, 3.8) is 0 Å². The summed E-state index contributed by atoms with van der Waals surface area (Å²) in [5, 5.41) is 10.4. The highest BCUT2D eigenvalue weighted by molar-refractivity contribution is 6.29. The number of halogens is 1. The van der Waals surface area contributed by atoms with Gasteiger partial charge in [-0.15, -0.1) is 0 Å². The third-order valence-electron chi connectivity index (χ3n) is 6.36. The molecule has 0 spiro atoms. The first-order valence-electron chi connectivity index (χ1n) is 10.7. The highest BCUT2D eigenvalue weighted by atomic mass is 35.5. The molecule has 2 fully saturated rings. The number of likely N-dealkylation sites (tertiary alicyclic amines) is 1. The Hall–Kier alpha value is -2.76. The van der Waals surface area contributed by atoms with Crippen LogP contribution in [0.2, 0.25) is 5.15 Å². The van der Waals surface area contributed by atoms with E-state index in [0.29, 0.717) is 24.7 Å². The van der Waals surface area contributed by atoms with Gasteiger partial charge >= 0.3 is 0 Å².